The number of ether oxygens (including phenoxy) is 1. The van der Waals surface area contributed by atoms with Crippen LogP contribution in [0.1, 0.15) is 41.9 Å². The molecule has 2 aromatic rings. The second-order valence-corrected chi connectivity index (χ2v) is 7.08. The van der Waals surface area contributed by atoms with E-state index in [1.54, 1.807) is 18.3 Å². The highest BCUT2D eigenvalue weighted by atomic mass is 16.5. The van der Waals surface area contributed by atoms with E-state index in [4.69, 9.17) is 15.0 Å². The van der Waals surface area contributed by atoms with Gasteiger partial charge in [0.25, 0.3) is 0 Å². The summed E-state index contributed by atoms with van der Waals surface area (Å²) in [4.78, 5) is 15.9. The summed E-state index contributed by atoms with van der Waals surface area (Å²) in [5.74, 6) is 2.96. The predicted octanol–water partition coefficient (Wildman–Crippen LogP) is 2.84. The molecule has 0 radical (unpaired) electrons. The Kier molecular flexibility index (Phi) is 4.70. The molecule has 1 saturated heterocycles. The lowest BCUT2D eigenvalue weighted by molar-refractivity contribution is 0.215. The molecule has 26 heavy (non-hydrogen) atoms. The molecular weight excluding hydrogens is 326 g/mol. The van der Waals surface area contributed by atoms with E-state index in [-0.39, 0.29) is 0 Å². The standard InChI is InChI=1S/C20H23N5O/c1-14-23-18-6-2-5-17(18)19(24-14)25-10-7-15(8-11-25)13-26-20-16(12-21)4-3-9-22-20/h3-4,9,15H,2,5-8,10-11,13H2,1H3. The summed E-state index contributed by atoms with van der Waals surface area (Å²) >= 11 is 0. The van der Waals surface area contributed by atoms with Crippen molar-refractivity contribution in [3.8, 4) is 11.9 Å². The van der Waals surface area contributed by atoms with Crippen molar-refractivity contribution in [3.05, 3.63) is 41.0 Å². The van der Waals surface area contributed by atoms with Crippen LogP contribution in [0.2, 0.25) is 0 Å². The van der Waals surface area contributed by atoms with Gasteiger partial charge in [0.2, 0.25) is 5.88 Å². The molecular formula is C20H23N5O. The normalized spacial score (nSPS) is 17.0. The van der Waals surface area contributed by atoms with Crippen LogP contribution in [0.15, 0.2) is 18.3 Å². The van der Waals surface area contributed by atoms with Crippen LogP contribution in [0.5, 0.6) is 5.88 Å². The van der Waals surface area contributed by atoms with Gasteiger partial charge < -0.3 is 9.64 Å². The molecule has 1 aliphatic heterocycles. The average molecular weight is 349 g/mol. The highest BCUT2D eigenvalue weighted by molar-refractivity contribution is 5.51. The molecule has 0 atom stereocenters. The number of aryl methyl sites for hydroxylation is 2. The minimum atomic E-state index is 0.446. The van der Waals surface area contributed by atoms with E-state index < -0.39 is 0 Å². The zero-order valence-electron chi connectivity index (χ0n) is 15.1. The lowest BCUT2D eigenvalue weighted by Gasteiger charge is -2.33. The van der Waals surface area contributed by atoms with E-state index >= 15 is 0 Å². The van der Waals surface area contributed by atoms with Gasteiger partial charge in [0.15, 0.2) is 0 Å². The molecule has 6 nitrogen and oxygen atoms in total. The summed E-state index contributed by atoms with van der Waals surface area (Å²) in [5.41, 5.74) is 3.10. The maximum absolute atomic E-state index is 9.13. The molecule has 0 N–H and O–H groups in total. The highest BCUT2D eigenvalue weighted by Crippen LogP contribution is 2.31. The fourth-order valence-corrected chi connectivity index (χ4v) is 3.89. The van der Waals surface area contributed by atoms with Crippen molar-refractivity contribution in [1.29, 1.82) is 5.26 Å². The zero-order chi connectivity index (χ0) is 17.9. The van der Waals surface area contributed by atoms with E-state index in [1.807, 2.05) is 6.92 Å². The van der Waals surface area contributed by atoms with Crippen LogP contribution >= 0.6 is 0 Å². The maximum atomic E-state index is 9.13. The summed E-state index contributed by atoms with van der Waals surface area (Å²) in [6, 6.07) is 5.63. The fraction of sp³-hybridized carbons (Fsp3) is 0.500. The van der Waals surface area contributed by atoms with Crippen LogP contribution in [0.25, 0.3) is 0 Å². The van der Waals surface area contributed by atoms with E-state index in [0.29, 0.717) is 24.0 Å². The van der Waals surface area contributed by atoms with Gasteiger partial charge in [-0.3, -0.25) is 0 Å². The van der Waals surface area contributed by atoms with Crippen LogP contribution in [-0.4, -0.2) is 34.6 Å². The zero-order valence-corrected chi connectivity index (χ0v) is 15.1. The molecule has 1 fully saturated rings. The van der Waals surface area contributed by atoms with Crippen LogP contribution in [0.4, 0.5) is 5.82 Å². The monoisotopic (exact) mass is 349 g/mol. The molecule has 0 bridgehead atoms. The van der Waals surface area contributed by atoms with Crippen molar-refractivity contribution in [2.45, 2.75) is 39.0 Å². The lowest BCUT2D eigenvalue weighted by Crippen LogP contribution is -2.37. The van der Waals surface area contributed by atoms with Crippen LogP contribution in [-0.2, 0) is 12.8 Å². The van der Waals surface area contributed by atoms with Gasteiger partial charge in [0.05, 0.1) is 6.61 Å². The number of aromatic nitrogens is 3. The first-order chi connectivity index (χ1) is 12.7. The van der Waals surface area contributed by atoms with Crippen molar-refractivity contribution >= 4 is 5.82 Å². The third-order valence-electron chi connectivity index (χ3n) is 5.28. The van der Waals surface area contributed by atoms with Crippen molar-refractivity contribution in [1.82, 2.24) is 15.0 Å². The third kappa shape index (κ3) is 3.34. The van der Waals surface area contributed by atoms with Gasteiger partial charge in [-0.25, -0.2) is 15.0 Å². The minimum Gasteiger partial charge on any atom is -0.476 e. The molecule has 0 unspecified atom stereocenters. The minimum absolute atomic E-state index is 0.446. The summed E-state index contributed by atoms with van der Waals surface area (Å²) in [5, 5.41) is 9.13. The molecule has 6 heteroatoms. The molecule has 0 aromatic carbocycles. The average Bonchev–Trinajstić information content (AvgIpc) is 3.14. The van der Waals surface area contributed by atoms with Gasteiger partial charge in [-0.05, 0) is 57.1 Å². The number of anilines is 1. The number of nitriles is 1. The van der Waals surface area contributed by atoms with Crippen LogP contribution in [0.3, 0.4) is 0 Å². The molecule has 3 heterocycles. The van der Waals surface area contributed by atoms with E-state index in [0.717, 1.165) is 50.4 Å². The Labute approximate surface area is 153 Å². The Morgan fingerprint density at radius 1 is 1.27 bits per heavy atom. The van der Waals surface area contributed by atoms with E-state index in [9.17, 15) is 0 Å². The number of piperidine rings is 1. The largest absolute Gasteiger partial charge is 0.476 e. The van der Waals surface area contributed by atoms with Crippen molar-refractivity contribution in [3.63, 3.8) is 0 Å². The summed E-state index contributed by atoms with van der Waals surface area (Å²) < 4.78 is 5.82. The molecule has 0 amide bonds. The van der Waals surface area contributed by atoms with Gasteiger partial charge in [-0.15, -0.1) is 0 Å². The molecule has 0 saturated carbocycles. The number of rotatable bonds is 4. The van der Waals surface area contributed by atoms with Crippen LogP contribution < -0.4 is 9.64 Å². The lowest BCUT2D eigenvalue weighted by atomic mass is 9.97. The number of nitrogens with zero attached hydrogens (tertiary/aromatic N) is 5. The molecule has 2 aromatic heterocycles. The SMILES string of the molecule is Cc1nc2c(c(N3CCC(COc4ncccc4C#N)CC3)n1)CCC2. The van der Waals surface area contributed by atoms with E-state index in [2.05, 4.69) is 20.9 Å². The number of fused-ring (bicyclic) bond motifs is 1. The van der Waals surface area contributed by atoms with E-state index in [1.165, 1.54) is 17.7 Å². The van der Waals surface area contributed by atoms with Gasteiger partial charge >= 0.3 is 0 Å². The molecule has 2 aliphatic rings. The van der Waals surface area contributed by atoms with Gasteiger partial charge in [0, 0.05) is 30.5 Å². The van der Waals surface area contributed by atoms with Gasteiger partial charge in [-0.2, -0.15) is 5.26 Å². The maximum Gasteiger partial charge on any atom is 0.231 e. The molecule has 134 valence electrons. The summed E-state index contributed by atoms with van der Waals surface area (Å²) in [7, 11) is 0. The Bertz CT molecular complexity index is 837. The first-order valence-corrected chi connectivity index (χ1v) is 9.34. The number of hydrogen-bond donors (Lipinski definition) is 0. The van der Waals surface area contributed by atoms with Crippen LogP contribution in [0, 0.1) is 24.2 Å². The Balaban J connectivity index is 1.37. The Morgan fingerprint density at radius 3 is 2.92 bits per heavy atom. The second-order valence-electron chi connectivity index (χ2n) is 7.08. The quantitative estimate of drug-likeness (QED) is 0.845. The second kappa shape index (κ2) is 7.28. The first-order valence-electron chi connectivity index (χ1n) is 9.34. The molecule has 4 rings (SSSR count). The summed E-state index contributed by atoms with van der Waals surface area (Å²) in [6.45, 7) is 4.58. The van der Waals surface area contributed by atoms with Crippen molar-refractivity contribution in [2.75, 3.05) is 24.6 Å². The number of hydrogen-bond acceptors (Lipinski definition) is 6. The van der Waals surface area contributed by atoms with Gasteiger partial charge in [-0.1, -0.05) is 0 Å². The number of pyridine rings is 1. The fourth-order valence-electron chi connectivity index (χ4n) is 3.89. The Morgan fingerprint density at radius 2 is 2.12 bits per heavy atom. The van der Waals surface area contributed by atoms with Gasteiger partial charge in [0.1, 0.15) is 23.3 Å². The molecule has 1 aliphatic carbocycles. The Hall–Kier alpha value is -2.68. The summed E-state index contributed by atoms with van der Waals surface area (Å²) in [6.07, 6.45) is 7.16. The smallest absolute Gasteiger partial charge is 0.231 e. The molecule has 0 spiro atoms. The first kappa shape index (κ1) is 16.8. The van der Waals surface area contributed by atoms with Crippen molar-refractivity contribution < 1.29 is 4.74 Å². The van der Waals surface area contributed by atoms with Crippen molar-refractivity contribution in [2.24, 2.45) is 5.92 Å². The third-order valence-corrected chi connectivity index (χ3v) is 5.28. The predicted molar refractivity (Wildman–Crippen MR) is 98.2 cm³/mol. The topological polar surface area (TPSA) is 74.9 Å². The highest BCUT2D eigenvalue weighted by Gasteiger charge is 2.26.